The third kappa shape index (κ3) is 6.65. The van der Waals surface area contributed by atoms with Crippen LogP contribution in [0.4, 0.5) is 0 Å². The molecule has 0 aliphatic carbocycles. The first kappa shape index (κ1) is 15.2. The van der Waals surface area contributed by atoms with Crippen molar-refractivity contribution in [3.8, 4) is 0 Å². The maximum Gasteiger partial charge on any atom is 0.309 e. The number of allylic oxidation sites excluding steroid dienone is 2. The zero-order chi connectivity index (χ0) is 12.6. The van der Waals surface area contributed by atoms with E-state index in [2.05, 4.69) is 19.9 Å². The quantitative estimate of drug-likeness (QED) is 0.492. The van der Waals surface area contributed by atoms with Crippen LogP contribution >= 0.6 is 0 Å². The summed E-state index contributed by atoms with van der Waals surface area (Å²) in [4.78, 5) is 10.9. The fraction of sp³-hybridized carbons (Fsp3) is 0.786. The maximum absolute atomic E-state index is 10.9. The lowest BCUT2D eigenvalue weighted by Crippen LogP contribution is -2.22. The van der Waals surface area contributed by atoms with E-state index >= 15 is 0 Å². The van der Waals surface area contributed by atoms with Gasteiger partial charge in [0.05, 0.1) is 5.41 Å². The molecule has 0 radical (unpaired) electrons. The van der Waals surface area contributed by atoms with Crippen LogP contribution in [-0.4, -0.2) is 11.1 Å². The van der Waals surface area contributed by atoms with Crippen LogP contribution in [0, 0.1) is 5.41 Å². The highest BCUT2D eigenvalue weighted by molar-refractivity contribution is 5.73. The van der Waals surface area contributed by atoms with Crippen LogP contribution in [0.3, 0.4) is 0 Å². The van der Waals surface area contributed by atoms with E-state index in [1.807, 2.05) is 0 Å². The average Bonchev–Trinajstić information content (AvgIpc) is 2.21. The summed E-state index contributed by atoms with van der Waals surface area (Å²) in [5, 5.41) is 8.97. The summed E-state index contributed by atoms with van der Waals surface area (Å²) < 4.78 is 0. The van der Waals surface area contributed by atoms with E-state index in [9.17, 15) is 4.79 Å². The van der Waals surface area contributed by atoms with E-state index in [4.69, 9.17) is 5.11 Å². The normalized spacial score (nSPS) is 12.9. The van der Waals surface area contributed by atoms with Crippen molar-refractivity contribution in [2.75, 3.05) is 0 Å². The summed E-state index contributed by atoms with van der Waals surface area (Å²) in [7, 11) is 0. The highest BCUT2D eigenvalue weighted by Crippen LogP contribution is 2.22. The van der Waals surface area contributed by atoms with E-state index in [0.717, 1.165) is 6.42 Å². The zero-order valence-corrected chi connectivity index (χ0v) is 11.2. The minimum atomic E-state index is -0.720. The number of hydrogen-bond acceptors (Lipinski definition) is 1. The van der Waals surface area contributed by atoms with Crippen molar-refractivity contribution >= 4 is 5.97 Å². The molecule has 0 aromatic heterocycles. The van der Waals surface area contributed by atoms with E-state index in [-0.39, 0.29) is 0 Å². The summed E-state index contributed by atoms with van der Waals surface area (Å²) in [6.45, 7) is 7.86. The molecule has 0 unspecified atom stereocenters. The van der Waals surface area contributed by atoms with Crippen LogP contribution in [-0.2, 0) is 4.79 Å². The molecule has 0 aliphatic rings. The molecule has 0 saturated carbocycles. The Morgan fingerprint density at radius 2 is 1.88 bits per heavy atom. The molecule has 0 aromatic rings. The van der Waals surface area contributed by atoms with E-state index in [0.29, 0.717) is 6.42 Å². The van der Waals surface area contributed by atoms with Gasteiger partial charge in [0.25, 0.3) is 0 Å². The Morgan fingerprint density at radius 3 is 2.38 bits per heavy atom. The van der Waals surface area contributed by atoms with Crippen LogP contribution in [0.2, 0.25) is 0 Å². The summed E-state index contributed by atoms with van der Waals surface area (Å²) in [5.41, 5.74) is 0.690. The van der Waals surface area contributed by atoms with Gasteiger partial charge in [0.15, 0.2) is 0 Å². The standard InChI is InChI=1S/C14H26O2/c1-5-6-7-8-9-12(2)10-11-14(3,4)13(15)16/h10H,5-9,11H2,1-4H3,(H,15,16). The largest absolute Gasteiger partial charge is 0.481 e. The monoisotopic (exact) mass is 226 g/mol. The van der Waals surface area contributed by atoms with Gasteiger partial charge < -0.3 is 5.11 Å². The lowest BCUT2D eigenvalue weighted by Gasteiger charge is -2.16. The van der Waals surface area contributed by atoms with Gasteiger partial charge in [-0.2, -0.15) is 0 Å². The lowest BCUT2D eigenvalue weighted by molar-refractivity contribution is -0.146. The van der Waals surface area contributed by atoms with Gasteiger partial charge in [-0.05, 0) is 40.0 Å². The average molecular weight is 226 g/mol. The Morgan fingerprint density at radius 1 is 1.25 bits per heavy atom. The molecular weight excluding hydrogens is 200 g/mol. The predicted molar refractivity (Wildman–Crippen MR) is 68.5 cm³/mol. The van der Waals surface area contributed by atoms with Gasteiger partial charge in [-0.25, -0.2) is 0 Å². The number of carboxylic acid groups (broad SMARTS) is 1. The molecular formula is C14H26O2. The third-order valence-electron chi connectivity index (χ3n) is 2.96. The van der Waals surface area contributed by atoms with Crippen molar-refractivity contribution < 1.29 is 9.90 Å². The molecule has 2 heteroatoms. The molecule has 0 saturated heterocycles. The Kier molecular flexibility index (Phi) is 7.11. The summed E-state index contributed by atoms with van der Waals surface area (Å²) in [5.74, 6) is -0.720. The number of carbonyl (C=O) groups is 1. The molecule has 94 valence electrons. The molecule has 0 heterocycles. The second kappa shape index (κ2) is 7.48. The first-order valence-corrected chi connectivity index (χ1v) is 6.29. The molecule has 0 aliphatic heterocycles. The smallest absolute Gasteiger partial charge is 0.309 e. The molecule has 1 N–H and O–H groups in total. The van der Waals surface area contributed by atoms with Crippen LogP contribution in [0.25, 0.3) is 0 Å². The number of rotatable bonds is 8. The Hall–Kier alpha value is -0.790. The maximum atomic E-state index is 10.9. The van der Waals surface area contributed by atoms with Gasteiger partial charge >= 0.3 is 5.97 Å². The molecule has 0 fully saturated rings. The Bertz CT molecular complexity index is 239. The molecule has 0 rings (SSSR count). The highest BCUT2D eigenvalue weighted by Gasteiger charge is 2.25. The number of carboxylic acids is 1. The Balaban J connectivity index is 3.90. The van der Waals surface area contributed by atoms with Crippen molar-refractivity contribution in [1.82, 2.24) is 0 Å². The van der Waals surface area contributed by atoms with Gasteiger partial charge in [-0.3, -0.25) is 4.79 Å². The number of aliphatic carboxylic acids is 1. The van der Waals surface area contributed by atoms with Crippen LogP contribution in [0.15, 0.2) is 11.6 Å². The van der Waals surface area contributed by atoms with Crippen LogP contribution < -0.4 is 0 Å². The SMILES string of the molecule is CCCCCCC(C)=CCC(C)(C)C(=O)O. The fourth-order valence-electron chi connectivity index (χ4n) is 1.45. The lowest BCUT2D eigenvalue weighted by atomic mass is 9.88. The van der Waals surface area contributed by atoms with Crippen molar-refractivity contribution in [1.29, 1.82) is 0 Å². The molecule has 0 bridgehead atoms. The Labute approximate surface area is 99.7 Å². The van der Waals surface area contributed by atoms with Crippen LogP contribution in [0.1, 0.15) is 66.2 Å². The predicted octanol–water partition coefficient (Wildman–Crippen LogP) is 4.40. The number of hydrogen-bond donors (Lipinski definition) is 1. The number of unbranched alkanes of at least 4 members (excludes halogenated alkanes) is 3. The van der Waals surface area contributed by atoms with Gasteiger partial charge in [0, 0.05) is 0 Å². The van der Waals surface area contributed by atoms with E-state index in [1.165, 1.54) is 31.3 Å². The second-order valence-corrected chi connectivity index (χ2v) is 5.25. The molecule has 16 heavy (non-hydrogen) atoms. The van der Waals surface area contributed by atoms with Crippen LogP contribution in [0.5, 0.6) is 0 Å². The highest BCUT2D eigenvalue weighted by atomic mass is 16.4. The molecule has 0 atom stereocenters. The van der Waals surface area contributed by atoms with E-state index < -0.39 is 11.4 Å². The van der Waals surface area contributed by atoms with Gasteiger partial charge in [-0.15, -0.1) is 0 Å². The fourth-order valence-corrected chi connectivity index (χ4v) is 1.45. The van der Waals surface area contributed by atoms with E-state index in [1.54, 1.807) is 13.8 Å². The second-order valence-electron chi connectivity index (χ2n) is 5.25. The third-order valence-corrected chi connectivity index (χ3v) is 2.96. The van der Waals surface area contributed by atoms with Gasteiger partial charge in [0.2, 0.25) is 0 Å². The minimum absolute atomic E-state index is 0.627. The first-order valence-electron chi connectivity index (χ1n) is 6.29. The van der Waals surface area contributed by atoms with Crippen molar-refractivity contribution in [3.05, 3.63) is 11.6 Å². The van der Waals surface area contributed by atoms with Gasteiger partial charge in [0.1, 0.15) is 0 Å². The summed E-state index contributed by atoms with van der Waals surface area (Å²) >= 11 is 0. The van der Waals surface area contributed by atoms with Crippen molar-refractivity contribution in [2.24, 2.45) is 5.41 Å². The zero-order valence-electron chi connectivity index (χ0n) is 11.2. The molecule has 2 nitrogen and oxygen atoms in total. The minimum Gasteiger partial charge on any atom is -0.481 e. The topological polar surface area (TPSA) is 37.3 Å². The summed E-state index contributed by atoms with van der Waals surface area (Å²) in [6, 6.07) is 0. The van der Waals surface area contributed by atoms with Crippen molar-refractivity contribution in [2.45, 2.75) is 66.2 Å². The van der Waals surface area contributed by atoms with Crippen molar-refractivity contribution in [3.63, 3.8) is 0 Å². The summed E-state index contributed by atoms with van der Waals surface area (Å²) in [6.07, 6.45) is 8.88. The first-order chi connectivity index (χ1) is 7.40. The molecule has 0 aromatic carbocycles. The molecule has 0 spiro atoms. The van der Waals surface area contributed by atoms with Gasteiger partial charge in [-0.1, -0.05) is 37.8 Å². The molecule has 0 amide bonds.